The summed E-state index contributed by atoms with van der Waals surface area (Å²) < 4.78 is 22.2. The minimum Gasteiger partial charge on any atom is -0.357 e. The Hall–Kier alpha value is -0.0500. The summed E-state index contributed by atoms with van der Waals surface area (Å²) in [6.45, 7) is 10.4. The second-order valence-corrected chi connectivity index (χ2v) is 7.68. The van der Waals surface area contributed by atoms with Crippen LogP contribution < -0.4 is 10.6 Å². The predicted molar refractivity (Wildman–Crippen MR) is 88.6 cm³/mol. The quantitative estimate of drug-likeness (QED) is 0.422. The van der Waals surface area contributed by atoms with E-state index in [4.69, 9.17) is 0 Å². The number of halogens is 1. The van der Waals surface area contributed by atoms with Crippen molar-refractivity contribution in [3.05, 3.63) is 0 Å². The van der Waals surface area contributed by atoms with Gasteiger partial charge in [0.2, 0.25) is 0 Å². The molecule has 0 aliphatic heterocycles. The number of hydrogen-bond donors (Lipinski definition) is 2. The molecule has 0 aromatic carbocycles. The molecule has 5 nitrogen and oxygen atoms in total. The van der Waals surface area contributed by atoms with E-state index in [1.165, 1.54) is 6.26 Å². The number of nitrogens with one attached hydrogen (secondary N) is 2. The summed E-state index contributed by atoms with van der Waals surface area (Å²) >= 11 is 0. The molecular formula is C11H26IN3O2S. The van der Waals surface area contributed by atoms with Crippen molar-refractivity contribution in [2.45, 2.75) is 45.4 Å². The molecule has 0 unspecified atom stereocenters. The minimum atomic E-state index is -3.10. The fourth-order valence-electron chi connectivity index (χ4n) is 0.980. The first-order valence-corrected chi connectivity index (χ1v) is 7.73. The van der Waals surface area contributed by atoms with Gasteiger partial charge in [0.15, 0.2) is 15.8 Å². The Kier molecular flexibility index (Phi) is 9.22. The van der Waals surface area contributed by atoms with Crippen molar-refractivity contribution in [1.29, 1.82) is 0 Å². The van der Waals surface area contributed by atoms with Crippen LogP contribution in [0, 0.1) is 0 Å². The monoisotopic (exact) mass is 391 g/mol. The number of nitrogens with zero attached hydrogens (tertiary/aromatic N) is 1. The number of sulfone groups is 1. The van der Waals surface area contributed by atoms with Gasteiger partial charge in [-0.1, -0.05) is 0 Å². The Labute approximate surface area is 128 Å². The summed E-state index contributed by atoms with van der Waals surface area (Å²) in [4.78, 5) is 4.31. The van der Waals surface area contributed by atoms with E-state index in [2.05, 4.69) is 15.6 Å². The van der Waals surface area contributed by atoms with Gasteiger partial charge in [-0.25, -0.2) is 8.42 Å². The van der Waals surface area contributed by atoms with Gasteiger partial charge < -0.3 is 10.6 Å². The fourth-order valence-corrected chi connectivity index (χ4v) is 1.28. The number of rotatable bonds is 5. The van der Waals surface area contributed by atoms with E-state index in [1.54, 1.807) is 13.8 Å². The van der Waals surface area contributed by atoms with Gasteiger partial charge in [-0.05, 0) is 34.6 Å². The van der Waals surface area contributed by atoms with Gasteiger partial charge in [-0.3, -0.25) is 4.99 Å². The van der Waals surface area contributed by atoms with Crippen molar-refractivity contribution >= 4 is 39.8 Å². The Morgan fingerprint density at radius 3 is 2.17 bits per heavy atom. The standard InChI is InChI=1S/C11H25N3O2S.HI/c1-7-12-10(14-9(2)3)13-8-11(4,5)17(6,15)16;/h9H,7-8H2,1-6H3,(H2,12,13,14);1H. The van der Waals surface area contributed by atoms with Crippen LogP contribution in [0.1, 0.15) is 34.6 Å². The van der Waals surface area contributed by atoms with E-state index in [1.807, 2.05) is 20.8 Å². The van der Waals surface area contributed by atoms with Crippen LogP contribution in [-0.2, 0) is 9.84 Å². The summed E-state index contributed by atoms with van der Waals surface area (Å²) in [5.74, 6) is 0.652. The van der Waals surface area contributed by atoms with Crippen LogP contribution in [0.4, 0.5) is 0 Å². The largest absolute Gasteiger partial charge is 0.357 e. The van der Waals surface area contributed by atoms with Crippen LogP contribution in [0.5, 0.6) is 0 Å². The summed E-state index contributed by atoms with van der Waals surface area (Å²) in [5.41, 5.74) is 0. The smallest absolute Gasteiger partial charge is 0.191 e. The highest BCUT2D eigenvalue weighted by Crippen LogP contribution is 2.14. The van der Waals surface area contributed by atoms with Gasteiger partial charge in [-0.2, -0.15) is 0 Å². The first kappa shape index (κ1) is 20.3. The van der Waals surface area contributed by atoms with Gasteiger partial charge in [0, 0.05) is 18.8 Å². The first-order valence-electron chi connectivity index (χ1n) is 5.84. The van der Waals surface area contributed by atoms with Gasteiger partial charge in [0.05, 0.1) is 11.3 Å². The average molecular weight is 391 g/mol. The molecule has 0 saturated heterocycles. The van der Waals surface area contributed by atoms with E-state index >= 15 is 0 Å². The highest BCUT2D eigenvalue weighted by Gasteiger charge is 2.29. The minimum absolute atomic E-state index is 0. The third kappa shape index (κ3) is 7.40. The van der Waals surface area contributed by atoms with Crippen molar-refractivity contribution in [3.8, 4) is 0 Å². The predicted octanol–water partition coefficient (Wildman–Crippen LogP) is 1.39. The van der Waals surface area contributed by atoms with Crippen molar-refractivity contribution < 1.29 is 8.42 Å². The second-order valence-electron chi connectivity index (χ2n) is 5.03. The maximum atomic E-state index is 11.5. The molecular weight excluding hydrogens is 365 g/mol. The van der Waals surface area contributed by atoms with Crippen molar-refractivity contribution in [2.24, 2.45) is 4.99 Å². The molecule has 0 aromatic heterocycles. The van der Waals surface area contributed by atoms with Crippen LogP contribution in [-0.4, -0.2) is 44.5 Å². The van der Waals surface area contributed by atoms with E-state index in [-0.39, 0.29) is 36.6 Å². The maximum absolute atomic E-state index is 11.5. The molecule has 0 spiro atoms. The Bertz CT molecular complexity index is 364. The summed E-state index contributed by atoms with van der Waals surface area (Å²) in [6.07, 6.45) is 1.24. The van der Waals surface area contributed by atoms with E-state index in [9.17, 15) is 8.42 Å². The normalized spacial score (nSPS) is 13.2. The molecule has 0 amide bonds. The summed E-state index contributed by atoms with van der Waals surface area (Å²) in [5, 5.41) is 6.23. The van der Waals surface area contributed by atoms with Crippen LogP contribution in [0.2, 0.25) is 0 Å². The lowest BCUT2D eigenvalue weighted by atomic mass is 10.2. The van der Waals surface area contributed by atoms with E-state index in [0.717, 1.165) is 6.54 Å². The molecule has 0 bridgehead atoms. The lowest BCUT2D eigenvalue weighted by Gasteiger charge is -2.21. The van der Waals surface area contributed by atoms with Gasteiger partial charge in [0.25, 0.3) is 0 Å². The lowest BCUT2D eigenvalue weighted by molar-refractivity contribution is 0.554. The molecule has 0 radical (unpaired) electrons. The van der Waals surface area contributed by atoms with Crippen LogP contribution in [0.25, 0.3) is 0 Å². The topological polar surface area (TPSA) is 70.6 Å². The van der Waals surface area contributed by atoms with Crippen LogP contribution >= 0.6 is 24.0 Å². The van der Waals surface area contributed by atoms with E-state index in [0.29, 0.717) is 5.96 Å². The molecule has 0 heterocycles. The molecule has 0 aliphatic carbocycles. The summed E-state index contributed by atoms with van der Waals surface area (Å²) in [6, 6.07) is 0.258. The van der Waals surface area contributed by atoms with Gasteiger partial charge >= 0.3 is 0 Å². The van der Waals surface area contributed by atoms with E-state index < -0.39 is 14.6 Å². The third-order valence-corrected chi connectivity index (χ3v) is 4.53. The molecule has 7 heteroatoms. The molecule has 0 fully saturated rings. The fraction of sp³-hybridized carbons (Fsp3) is 0.909. The highest BCUT2D eigenvalue weighted by molar-refractivity contribution is 14.0. The lowest BCUT2D eigenvalue weighted by Crippen LogP contribution is -2.43. The molecule has 110 valence electrons. The zero-order valence-electron chi connectivity index (χ0n) is 12.1. The van der Waals surface area contributed by atoms with Crippen molar-refractivity contribution in [3.63, 3.8) is 0 Å². The highest BCUT2D eigenvalue weighted by atomic mass is 127. The van der Waals surface area contributed by atoms with Gasteiger partial charge in [0.1, 0.15) is 0 Å². The van der Waals surface area contributed by atoms with Crippen molar-refractivity contribution in [2.75, 3.05) is 19.3 Å². The molecule has 0 saturated carbocycles. The number of hydrogen-bond acceptors (Lipinski definition) is 3. The Morgan fingerprint density at radius 2 is 1.83 bits per heavy atom. The zero-order valence-corrected chi connectivity index (χ0v) is 15.2. The molecule has 2 N–H and O–H groups in total. The molecule has 0 aliphatic rings. The Morgan fingerprint density at radius 1 is 1.33 bits per heavy atom. The zero-order chi connectivity index (χ0) is 13.7. The molecule has 18 heavy (non-hydrogen) atoms. The van der Waals surface area contributed by atoms with Gasteiger partial charge in [-0.15, -0.1) is 24.0 Å². The second kappa shape index (κ2) is 8.19. The van der Waals surface area contributed by atoms with Crippen LogP contribution in [0.15, 0.2) is 4.99 Å². The maximum Gasteiger partial charge on any atom is 0.191 e. The van der Waals surface area contributed by atoms with Crippen LogP contribution in [0.3, 0.4) is 0 Å². The number of aliphatic imine (C=N–C) groups is 1. The average Bonchev–Trinajstić information content (AvgIpc) is 2.12. The molecule has 0 aromatic rings. The first-order chi connectivity index (χ1) is 7.60. The molecule has 0 rings (SSSR count). The third-order valence-electron chi connectivity index (χ3n) is 2.39. The number of guanidine groups is 1. The Balaban J connectivity index is 0. The molecule has 0 atom stereocenters. The van der Waals surface area contributed by atoms with Crippen molar-refractivity contribution in [1.82, 2.24) is 10.6 Å². The SMILES string of the molecule is CCNC(=NCC(C)(C)S(C)(=O)=O)NC(C)C.I. The summed E-state index contributed by atoms with van der Waals surface area (Å²) in [7, 11) is -3.10.